The van der Waals surface area contributed by atoms with Gasteiger partial charge >= 0.3 is 10.4 Å². The second-order valence-corrected chi connectivity index (χ2v) is 1.34. The van der Waals surface area contributed by atoms with Gasteiger partial charge in [-0.15, -0.1) is 0 Å². The van der Waals surface area contributed by atoms with E-state index in [2.05, 4.69) is 0 Å². The van der Waals surface area contributed by atoms with Crippen LogP contribution in [-0.2, 0) is 60.2 Å². The van der Waals surface area contributed by atoms with Gasteiger partial charge in [-0.3, -0.25) is 9.11 Å². The van der Waals surface area contributed by atoms with Gasteiger partial charge < -0.3 is 0 Å². The van der Waals surface area contributed by atoms with Gasteiger partial charge in [0, 0.05) is 49.8 Å². The first-order valence-corrected chi connectivity index (χ1v) is 2.10. The van der Waals surface area contributed by atoms with Crippen molar-refractivity contribution < 1.29 is 67.3 Å². The zero-order valence-corrected chi connectivity index (χ0v) is 6.92. The molecule has 0 amide bonds. The predicted octanol–water partition coefficient (Wildman–Crippen LogP) is -0.660. The molecule has 0 aromatic carbocycles. The van der Waals surface area contributed by atoms with Crippen molar-refractivity contribution in [3.05, 3.63) is 0 Å². The summed E-state index contributed by atoms with van der Waals surface area (Å²) in [7, 11) is -4.67. The van der Waals surface area contributed by atoms with E-state index in [1.54, 1.807) is 0 Å². The molecule has 0 rings (SSSR count). The van der Waals surface area contributed by atoms with Crippen molar-refractivity contribution in [3.63, 3.8) is 0 Å². The Balaban J connectivity index is -0.0000000267. The van der Waals surface area contributed by atoms with Crippen LogP contribution in [0, 0.1) is 0 Å². The summed E-state index contributed by atoms with van der Waals surface area (Å²) < 4.78 is 31.6. The molecule has 0 aliphatic carbocycles. The molecule has 8 heavy (non-hydrogen) atoms. The molecule has 0 atom stereocenters. The third kappa shape index (κ3) is 160. The zero-order valence-electron chi connectivity index (χ0n) is 3.08. The first-order chi connectivity index (χ1) is 2.00. The van der Waals surface area contributed by atoms with Crippen molar-refractivity contribution in [1.29, 1.82) is 0 Å². The molecular weight excluding hydrogens is 272 g/mol. The van der Waals surface area contributed by atoms with E-state index in [1.807, 2.05) is 0 Å². The van der Waals surface area contributed by atoms with Crippen LogP contribution in [0.5, 0.6) is 0 Å². The fourth-order valence-corrected chi connectivity index (χ4v) is 0. The van der Waals surface area contributed by atoms with Crippen molar-refractivity contribution >= 4 is 10.4 Å². The molecule has 0 aromatic rings. The first-order valence-electron chi connectivity index (χ1n) is 0.698. The topological polar surface area (TPSA) is 74.6 Å². The van der Waals surface area contributed by atoms with E-state index in [0.29, 0.717) is 0 Å². The van der Waals surface area contributed by atoms with Crippen molar-refractivity contribution in [2.45, 2.75) is 0 Å². The Labute approximate surface area is 77.4 Å². The fourth-order valence-electron chi connectivity index (χ4n) is 0. The Bertz CT molecular complexity index is 97.2. The molecule has 0 heterocycles. The predicted molar refractivity (Wildman–Crippen MR) is 14.2 cm³/mol. The summed E-state index contributed by atoms with van der Waals surface area (Å²) in [6.45, 7) is 0. The van der Waals surface area contributed by atoms with Crippen molar-refractivity contribution in [2.24, 2.45) is 0 Å². The van der Waals surface area contributed by atoms with Gasteiger partial charge in [0.25, 0.3) is 0 Å². The molecule has 0 aliphatic rings. The third-order valence-electron chi connectivity index (χ3n) is 0. The minimum absolute atomic E-state index is 0. The zero-order chi connectivity index (χ0) is 4.50. The Morgan fingerprint density at radius 1 is 1.00 bits per heavy atom. The maximum absolute atomic E-state index is 8.74. The van der Waals surface area contributed by atoms with Crippen LogP contribution >= 0.6 is 0 Å². The first kappa shape index (κ1) is 22.8. The van der Waals surface area contributed by atoms with E-state index in [1.165, 1.54) is 0 Å². The van der Waals surface area contributed by atoms with Crippen molar-refractivity contribution in [3.8, 4) is 0 Å². The molecule has 0 spiro atoms. The van der Waals surface area contributed by atoms with E-state index in [9.17, 15) is 0 Å². The Kier molecular flexibility index (Phi) is 23.8. The van der Waals surface area contributed by atoms with Crippen LogP contribution in [0.25, 0.3) is 0 Å². The summed E-state index contributed by atoms with van der Waals surface area (Å²) in [5.74, 6) is 0. The van der Waals surface area contributed by atoms with Crippen LogP contribution in [0.4, 0.5) is 0 Å². The number of hydrogen-bond donors (Lipinski definition) is 2. The van der Waals surface area contributed by atoms with E-state index in [0.717, 1.165) is 0 Å². The standard InChI is InChI=1S/Co.2Ni.H2O4S/c;;;1-5(2,3)4/h;;;(H2,1,2,3,4). The van der Waals surface area contributed by atoms with E-state index in [-0.39, 0.29) is 49.8 Å². The van der Waals surface area contributed by atoms with Gasteiger partial charge in [0.1, 0.15) is 0 Å². The molecule has 0 saturated carbocycles. The monoisotopic (exact) mass is 273 g/mol. The average Bonchev–Trinajstić information content (AvgIpc) is 0.722. The second kappa shape index (κ2) is 8.36. The Morgan fingerprint density at radius 2 is 1.00 bits per heavy atom. The van der Waals surface area contributed by atoms with Crippen LogP contribution in [0.3, 0.4) is 0 Å². The smallest absolute Gasteiger partial charge is 0.264 e. The summed E-state index contributed by atoms with van der Waals surface area (Å²) in [6, 6.07) is 0. The van der Waals surface area contributed by atoms with Crippen LogP contribution < -0.4 is 0 Å². The largest absolute Gasteiger partial charge is 0.394 e. The number of rotatable bonds is 0. The fraction of sp³-hybridized carbons (Fsp3) is 0. The van der Waals surface area contributed by atoms with Gasteiger partial charge in [0.2, 0.25) is 0 Å². The summed E-state index contributed by atoms with van der Waals surface area (Å²) in [5, 5.41) is 0. The van der Waals surface area contributed by atoms with E-state index in [4.69, 9.17) is 17.5 Å². The molecule has 8 heteroatoms. The molecule has 0 unspecified atom stereocenters. The van der Waals surface area contributed by atoms with E-state index < -0.39 is 10.4 Å². The van der Waals surface area contributed by atoms with Gasteiger partial charge in [-0.1, -0.05) is 0 Å². The molecule has 0 bridgehead atoms. The summed E-state index contributed by atoms with van der Waals surface area (Å²) in [4.78, 5) is 0. The summed E-state index contributed by atoms with van der Waals surface area (Å²) >= 11 is 0. The average molecular weight is 274 g/mol. The van der Waals surface area contributed by atoms with E-state index >= 15 is 0 Å². The Morgan fingerprint density at radius 3 is 1.00 bits per heavy atom. The second-order valence-electron chi connectivity index (χ2n) is 0.448. The summed E-state index contributed by atoms with van der Waals surface area (Å²) in [6.07, 6.45) is 0. The minimum atomic E-state index is -4.67. The SMILES string of the molecule is O=S(=O)(O)O.[Co].[Ni].[Ni]. The normalized spacial score (nSPS) is 7.25. The molecule has 1 radical (unpaired) electrons. The third-order valence-corrected chi connectivity index (χ3v) is 0. The minimum Gasteiger partial charge on any atom is -0.264 e. The van der Waals surface area contributed by atoms with Crippen LogP contribution in [0.15, 0.2) is 0 Å². The molecule has 0 aromatic heterocycles. The summed E-state index contributed by atoms with van der Waals surface area (Å²) in [5.41, 5.74) is 0. The van der Waals surface area contributed by atoms with Gasteiger partial charge in [0.15, 0.2) is 0 Å². The van der Waals surface area contributed by atoms with Crippen LogP contribution in [0.1, 0.15) is 0 Å². The molecule has 0 fully saturated rings. The molecule has 2 N–H and O–H groups in total. The van der Waals surface area contributed by atoms with Gasteiger partial charge in [-0.2, -0.15) is 8.42 Å². The van der Waals surface area contributed by atoms with Crippen molar-refractivity contribution in [2.75, 3.05) is 0 Å². The molecule has 61 valence electrons. The van der Waals surface area contributed by atoms with Crippen LogP contribution in [-0.4, -0.2) is 17.5 Å². The van der Waals surface area contributed by atoms with Gasteiger partial charge in [0.05, 0.1) is 0 Å². The van der Waals surface area contributed by atoms with Gasteiger partial charge in [-0.05, 0) is 0 Å². The number of hydrogen-bond acceptors (Lipinski definition) is 2. The maximum Gasteiger partial charge on any atom is 0.394 e. The van der Waals surface area contributed by atoms with Crippen molar-refractivity contribution in [1.82, 2.24) is 0 Å². The molecule has 4 nitrogen and oxygen atoms in total. The molecule has 0 aliphatic heterocycles. The molecular formula is H2CoNi2O4S. The maximum atomic E-state index is 8.74. The van der Waals surface area contributed by atoms with Gasteiger partial charge in [-0.25, -0.2) is 0 Å². The van der Waals surface area contributed by atoms with Crippen LogP contribution in [0.2, 0.25) is 0 Å². The molecule has 0 saturated heterocycles. The Hall–Kier alpha value is 1.36. The quantitative estimate of drug-likeness (QED) is 0.454.